The highest BCUT2D eigenvalue weighted by Gasteiger charge is 2.28. The Hall–Kier alpha value is -1.60. The Labute approximate surface area is 196 Å². The van der Waals surface area contributed by atoms with E-state index in [1.54, 1.807) is 0 Å². The van der Waals surface area contributed by atoms with Crippen molar-refractivity contribution in [2.24, 2.45) is 0 Å². The molecule has 0 unspecified atom stereocenters. The standard InChI is InChI=1S/C22H39NO10/c1-2-26-7-8-28-11-12-30-15-16-32-19-20-33-18-17-31-14-13-29-10-9-27-6-5-23-21(24)3-4-22(23)25/h2H,1,3-20H2. The van der Waals surface area contributed by atoms with E-state index in [9.17, 15) is 9.59 Å². The molecule has 0 bridgehead atoms. The first-order valence-corrected chi connectivity index (χ1v) is 11.4. The molecular weight excluding hydrogens is 438 g/mol. The smallest absolute Gasteiger partial charge is 0.229 e. The third kappa shape index (κ3) is 17.5. The van der Waals surface area contributed by atoms with Gasteiger partial charge in [-0.1, -0.05) is 6.58 Å². The highest BCUT2D eigenvalue weighted by Crippen LogP contribution is 2.10. The molecule has 2 amide bonds. The highest BCUT2D eigenvalue weighted by molar-refractivity contribution is 6.01. The number of ether oxygens (including phenoxy) is 8. The zero-order valence-electron chi connectivity index (χ0n) is 19.5. The van der Waals surface area contributed by atoms with Crippen molar-refractivity contribution >= 4 is 11.8 Å². The van der Waals surface area contributed by atoms with Gasteiger partial charge in [-0.25, -0.2) is 0 Å². The summed E-state index contributed by atoms with van der Waals surface area (Å²) in [7, 11) is 0. The van der Waals surface area contributed by atoms with Crippen LogP contribution < -0.4 is 0 Å². The number of hydrogen-bond donors (Lipinski definition) is 0. The first-order chi connectivity index (χ1) is 16.3. The number of amides is 2. The molecule has 0 N–H and O–H groups in total. The van der Waals surface area contributed by atoms with Gasteiger partial charge in [0.15, 0.2) is 0 Å². The second-order valence-corrected chi connectivity index (χ2v) is 6.76. The monoisotopic (exact) mass is 477 g/mol. The van der Waals surface area contributed by atoms with Crippen LogP contribution in [0.5, 0.6) is 0 Å². The molecule has 33 heavy (non-hydrogen) atoms. The molecule has 0 atom stereocenters. The minimum absolute atomic E-state index is 0.122. The largest absolute Gasteiger partial charge is 0.499 e. The van der Waals surface area contributed by atoms with Gasteiger partial charge in [0, 0.05) is 12.8 Å². The van der Waals surface area contributed by atoms with Crippen LogP contribution in [0, 0.1) is 0 Å². The predicted molar refractivity (Wildman–Crippen MR) is 118 cm³/mol. The number of carbonyl (C=O) groups excluding carboxylic acids is 2. The van der Waals surface area contributed by atoms with E-state index >= 15 is 0 Å². The third-order valence-electron chi connectivity index (χ3n) is 4.31. The van der Waals surface area contributed by atoms with Crippen molar-refractivity contribution in [2.75, 3.05) is 106 Å². The average molecular weight is 478 g/mol. The van der Waals surface area contributed by atoms with Crippen molar-refractivity contribution < 1.29 is 47.5 Å². The lowest BCUT2D eigenvalue weighted by molar-refractivity contribution is -0.139. The maximum absolute atomic E-state index is 11.4. The third-order valence-corrected chi connectivity index (χ3v) is 4.31. The van der Waals surface area contributed by atoms with Crippen LogP contribution in [-0.4, -0.2) is 122 Å². The van der Waals surface area contributed by atoms with E-state index in [2.05, 4.69) is 6.58 Å². The summed E-state index contributed by atoms with van der Waals surface area (Å²) in [6.07, 6.45) is 2.00. The summed E-state index contributed by atoms with van der Waals surface area (Å²) in [5.74, 6) is -0.245. The zero-order valence-corrected chi connectivity index (χ0v) is 19.5. The van der Waals surface area contributed by atoms with E-state index in [1.807, 2.05) is 0 Å². The van der Waals surface area contributed by atoms with E-state index in [-0.39, 0.29) is 11.8 Å². The molecule has 0 aromatic carbocycles. The maximum Gasteiger partial charge on any atom is 0.229 e. The Balaban J connectivity index is 1.67. The fourth-order valence-corrected chi connectivity index (χ4v) is 2.64. The normalized spacial score (nSPS) is 13.8. The summed E-state index contributed by atoms with van der Waals surface area (Å²) in [5, 5.41) is 0. The molecule has 192 valence electrons. The van der Waals surface area contributed by atoms with E-state index in [4.69, 9.17) is 37.9 Å². The van der Waals surface area contributed by atoms with E-state index in [0.717, 1.165) is 0 Å². The van der Waals surface area contributed by atoms with Gasteiger partial charge in [-0.3, -0.25) is 14.5 Å². The van der Waals surface area contributed by atoms with Crippen molar-refractivity contribution in [3.63, 3.8) is 0 Å². The minimum Gasteiger partial charge on any atom is -0.499 e. The summed E-state index contributed by atoms with van der Waals surface area (Å²) < 4.78 is 42.6. The molecule has 1 fully saturated rings. The van der Waals surface area contributed by atoms with Crippen LogP contribution in [0.15, 0.2) is 12.8 Å². The fourth-order valence-electron chi connectivity index (χ4n) is 2.64. The lowest BCUT2D eigenvalue weighted by atomic mass is 10.4. The van der Waals surface area contributed by atoms with Gasteiger partial charge in [-0.2, -0.15) is 0 Å². The first-order valence-electron chi connectivity index (χ1n) is 11.4. The van der Waals surface area contributed by atoms with Crippen LogP contribution in [-0.2, 0) is 47.5 Å². The van der Waals surface area contributed by atoms with Crippen molar-refractivity contribution in [3.05, 3.63) is 12.8 Å². The van der Waals surface area contributed by atoms with Gasteiger partial charge in [0.05, 0.1) is 105 Å². The van der Waals surface area contributed by atoms with E-state index in [1.165, 1.54) is 11.2 Å². The van der Waals surface area contributed by atoms with Crippen LogP contribution in [0.25, 0.3) is 0 Å². The molecule has 1 rings (SSSR count). The van der Waals surface area contributed by atoms with Crippen molar-refractivity contribution in [2.45, 2.75) is 12.8 Å². The molecule has 1 heterocycles. The quantitative estimate of drug-likeness (QED) is 0.104. The summed E-state index contributed by atoms with van der Waals surface area (Å²) in [5.41, 5.74) is 0. The number of carbonyl (C=O) groups is 2. The lowest BCUT2D eigenvalue weighted by Gasteiger charge is -2.13. The second kappa shape index (κ2) is 22.2. The van der Waals surface area contributed by atoms with Gasteiger partial charge < -0.3 is 37.9 Å². The lowest BCUT2D eigenvalue weighted by Crippen LogP contribution is -2.32. The number of likely N-dealkylation sites (tertiary alicyclic amines) is 1. The van der Waals surface area contributed by atoms with E-state index < -0.39 is 0 Å². The maximum atomic E-state index is 11.4. The fraction of sp³-hybridized carbons (Fsp3) is 0.818. The molecule has 0 radical (unpaired) electrons. The average Bonchev–Trinajstić information content (AvgIpc) is 3.14. The van der Waals surface area contributed by atoms with Crippen LogP contribution in [0.4, 0.5) is 0 Å². The Morgan fingerprint density at radius 3 is 1.18 bits per heavy atom. The van der Waals surface area contributed by atoms with Crippen molar-refractivity contribution in [3.8, 4) is 0 Å². The first kappa shape index (κ1) is 29.4. The Morgan fingerprint density at radius 2 is 0.848 bits per heavy atom. The van der Waals surface area contributed by atoms with Crippen molar-refractivity contribution in [1.29, 1.82) is 0 Å². The Kier molecular flexibility index (Phi) is 19.8. The molecule has 0 saturated carbocycles. The number of imide groups is 1. The summed E-state index contributed by atoms with van der Waals surface area (Å²) in [6, 6.07) is 0. The van der Waals surface area contributed by atoms with E-state index in [0.29, 0.717) is 118 Å². The van der Waals surface area contributed by atoms with Gasteiger partial charge in [0.25, 0.3) is 0 Å². The minimum atomic E-state index is -0.122. The van der Waals surface area contributed by atoms with Gasteiger partial charge >= 0.3 is 0 Å². The molecule has 11 heteroatoms. The number of rotatable bonds is 25. The van der Waals surface area contributed by atoms with Gasteiger partial charge in [-0.05, 0) is 0 Å². The molecule has 1 saturated heterocycles. The summed E-state index contributed by atoms with van der Waals surface area (Å²) in [4.78, 5) is 24.1. The van der Waals surface area contributed by atoms with Crippen LogP contribution in [0.2, 0.25) is 0 Å². The topological polar surface area (TPSA) is 111 Å². The number of nitrogens with zero attached hydrogens (tertiary/aromatic N) is 1. The zero-order chi connectivity index (χ0) is 23.8. The van der Waals surface area contributed by atoms with Crippen molar-refractivity contribution in [1.82, 2.24) is 4.90 Å². The Bertz CT molecular complexity index is 490. The summed E-state index contributed by atoms with van der Waals surface area (Å²) >= 11 is 0. The number of hydrogen-bond acceptors (Lipinski definition) is 10. The molecule has 0 aromatic rings. The Morgan fingerprint density at radius 1 is 0.545 bits per heavy atom. The molecule has 0 spiro atoms. The second-order valence-electron chi connectivity index (χ2n) is 6.76. The van der Waals surface area contributed by atoms with Gasteiger partial charge in [0.1, 0.15) is 6.61 Å². The van der Waals surface area contributed by atoms with Gasteiger partial charge in [-0.15, -0.1) is 0 Å². The molecular formula is C22H39NO10. The molecule has 0 aromatic heterocycles. The van der Waals surface area contributed by atoms with Gasteiger partial charge in [0.2, 0.25) is 11.8 Å². The summed E-state index contributed by atoms with van der Waals surface area (Å²) in [6.45, 7) is 10.9. The molecule has 11 nitrogen and oxygen atoms in total. The molecule has 1 aliphatic heterocycles. The highest BCUT2D eigenvalue weighted by atomic mass is 16.6. The van der Waals surface area contributed by atoms with Crippen LogP contribution in [0.3, 0.4) is 0 Å². The molecule has 0 aliphatic carbocycles. The molecule has 1 aliphatic rings. The van der Waals surface area contributed by atoms with Crippen LogP contribution in [0.1, 0.15) is 12.8 Å². The predicted octanol–water partition coefficient (Wildman–Crippen LogP) is 0.412. The van der Waals surface area contributed by atoms with Crippen LogP contribution >= 0.6 is 0 Å². The SMILES string of the molecule is C=COCCOCCOCCOCCOCCOCCOCCOCCN1C(=O)CCC1=O.